The number of amides is 1. The molecule has 18 heavy (non-hydrogen) atoms. The summed E-state index contributed by atoms with van der Waals surface area (Å²) in [5.74, 6) is 0.957. The van der Waals surface area contributed by atoms with E-state index in [2.05, 4.69) is 26.8 Å². The lowest BCUT2D eigenvalue weighted by molar-refractivity contribution is -0.119. The first-order valence-electron chi connectivity index (χ1n) is 6.37. The van der Waals surface area contributed by atoms with Crippen LogP contribution in [0.1, 0.15) is 39.7 Å². The van der Waals surface area contributed by atoms with Crippen LogP contribution >= 0.6 is 0 Å². The summed E-state index contributed by atoms with van der Waals surface area (Å²) in [4.78, 5) is 13.7. The largest absolute Gasteiger partial charge is 0.488 e. The molecule has 0 saturated carbocycles. The molecule has 1 aliphatic heterocycles. The number of ether oxygens (including phenoxy) is 1. The second-order valence-electron chi connectivity index (χ2n) is 5.99. The van der Waals surface area contributed by atoms with Gasteiger partial charge in [-0.1, -0.05) is 32.9 Å². The normalized spacial score (nSPS) is 20.2. The van der Waals surface area contributed by atoms with Gasteiger partial charge in [0.05, 0.1) is 12.1 Å². The molecule has 2 rings (SSSR count). The molecule has 0 saturated heterocycles. The fourth-order valence-corrected chi connectivity index (χ4v) is 2.26. The first-order valence-corrected chi connectivity index (χ1v) is 6.37. The third-order valence-electron chi connectivity index (χ3n) is 3.32. The molecule has 1 amide bonds. The predicted molar refractivity (Wildman–Crippen MR) is 73.3 cm³/mol. The minimum atomic E-state index is -0.0790. The van der Waals surface area contributed by atoms with E-state index in [0.29, 0.717) is 6.42 Å². The Balaban J connectivity index is 2.61. The minimum absolute atomic E-state index is 0.000703. The van der Waals surface area contributed by atoms with Crippen LogP contribution in [0.2, 0.25) is 0 Å². The van der Waals surface area contributed by atoms with Gasteiger partial charge in [0, 0.05) is 12.6 Å². The molecule has 0 bridgehead atoms. The third-order valence-corrected chi connectivity index (χ3v) is 3.32. The van der Waals surface area contributed by atoms with Crippen LogP contribution in [0.25, 0.3) is 0 Å². The molecule has 1 aromatic carbocycles. The summed E-state index contributed by atoms with van der Waals surface area (Å²) < 4.78 is 5.99. The quantitative estimate of drug-likeness (QED) is 0.705. The van der Waals surface area contributed by atoms with Crippen molar-refractivity contribution in [2.45, 2.75) is 45.6 Å². The molecule has 0 spiro atoms. The van der Waals surface area contributed by atoms with Crippen molar-refractivity contribution < 1.29 is 9.53 Å². The Morgan fingerprint density at radius 1 is 1.33 bits per heavy atom. The van der Waals surface area contributed by atoms with Crippen LogP contribution in [-0.2, 0) is 10.2 Å². The second-order valence-corrected chi connectivity index (χ2v) is 5.99. The molecule has 0 aromatic heterocycles. The van der Waals surface area contributed by atoms with Crippen molar-refractivity contribution >= 4 is 11.6 Å². The monoisotopic (exact) mass is 247 g/mol. The van der Waals surface area contributed by atoms with Crippen LogP contribution in [0.3, 0.4) is 0 Å². The van der Waals surface area contributed by atoms with Crippen LogP contribution in [0, 0.1) is 0 Å². The summed E-state index contributed by atoms with van der Waals surface area (Å²) in [6.45, 7) is 8.41. The topological polar surface area (TPSA) is 29.5 Å². The Morgan fingerprint density at radius 3 is 2.61 bits per heavy atom. The summed E-state index contributed by atoms with van der Waals surface area (Å²) >= 11 is 0. The lowest BCUT2D eigenvalue weighted by atomic mass is 9.86. The van der Waals surface area contributed by atoms with Gasteiger partial charge in [-0.2, -0.15) is 0 Å². The van der Waals surface area contributed by atoms with E-state index in [9.17, 15) is 4.79 Å². The number of hydrogen-bond donors (Lipinski definition) is 0. The number of nitrogens with zero attached hydrogens (tertiary/aromatic N) is 1. The van der Waals surface area contributed by atoms with Gasteiger partial charge in [0.1, 0.15) is 11.9 Å². The molecular formula is C15H21NO2. The van der Waals surface area contributed by atoms with E-state index in [1.54, 1.807) is 4.90 Å². The fourth-order valence-electron chi connectivity index (χ4n) is 2.26. The van der Waals surface area contributed by atoms with Crippen molar-refractivity contribution in [2.75, 3.05) is 11.9 Å². The fraction of sp³-hybridized carbons (Fsp3) is 0.533. The SMILES string of the molecule is CC1CC(=O)N(C)c2cccc(C(C)(C)C)c2O1. The Kier molecular flexibility index (Phi) is 3.09. The zero-order valence-corrected chi connectivity index (χ0v) is 11.8. The summed E-state index contributed by atoms with van der Waals surface area (Å²) in [6, 6.07) is 6.01. The van der Waals surface area contributed by atoms with Crippen LogP contribution in [0.4, 0.5) is 5.69 Å². The van der Waals surface area contributed by atoms with E-state index in [1.165, 1.54) is 0 Å². The smallest absolute Gasteiger partial charge is 0.230 e. The van der Waals surface area contributed by atoms with Gasteiger partial charge in [-0.05, 0) is 18.4 Å². The van der Waals surface area contributed by atoms with Gasteiger partial charge in [0.2, 0.25) is 5.91 Å². The zero-order valence-electron chi connectivity index (χ0n) is 11.8. The Hall–Kier alpha value is -1.51. The summed E-state index contributed by atoms with van der Waals surface area (Å²) in [5, 5.41) is 0. The van der Waals surface area contributed by atoms with Gasteiger partial charge in [-0.3, -0.25) is 4.79 Å². The number of benzene rings is 1. The lowest BCUT2D eigenvalue weighted by Crippen LogP contribution is -2.27. The van der Waals surface area contributed by atoms with Crippen LogP contribution in [-0.4, -0.2) is 19.1 Å². The summed E-state index contributed by atoms with van der Waals surface area (Å²) in [7, 11) is 1.81. The van der Waals surface area contributed by atoms with Gasteiger partial charge in [0.15, 0.2) is 0 Å². The number of anilines is 1. The Labute approximate surface area is 109 Å². The van der Waals surface area contributed by atoms with E-state index in [-0.39, 0.29) is 17.4 Å². The first kappa shape index (κ1) is 12.9. The van der Waals surface area contributed by atoms with Gasteiger partial charge < -0.3 is 9.64 Å². The molecular weight excluding hydrogens is 226 g/mol. The van der Waals surface area contributed by atoms with Gasteiger partial charge in [-0.15, -0.1) is 0 Å². The number of fused-ring (bicyclic) bond motifs is 1. The molecule has 1 aromatic rings. The number of para-hydroxylation sites is 1. The zero-order chi connectivity index (χ0) is 13.5. The van der Waals surface area contributed by atoms with Gasteiger partial charge >= 0.3 is 0 Å². The van der Waals surface area contributed by atoms with Crippen molar-refractivity contribution in [1.82, 2.24) is 0 Å². The van der Waals surface area contributed by atoms with Crippen molar-refractivity contribution in [2.24, 2.45) is 0 Å². The highest BCUT2D eigenvalue weighted by Crippen LogP contribution is 2.40. The molecule has 0 fully saturated rings. The highest BCUT2D eigenvalue weighted by molar-refractivity contribution is 5.95. The Morgan fingerprint density at radius 2 is 2.00 bits per heavy atom. The standard InChI is InChI=1S/C15H21NO2/c1-10-9-13(17)16(5)12-8-6-7-11(14(12)18-10)15(2,3)4/h6-8,10H,9H2,1-5H3. The van der Waals surface area contributed by atoms with Crippen molar-refractivity contribution in [3.8, 4) is 5.75 Å². The second kappa shape index (κ2) is 4.30. The average molecular weight is 247 g/mol. The highest BCUT2D eigenvalue weighted by Gasteiger charge is 2.29. The number of carbonyl (C=O) groups excluding carboxylic acids is 1. The lowest BCUT2D eigenvalue weighted by Gasteiger charge is -2.26. The maximum Gasteiger partial charge on any atom is 0.230 e. The molecule has 3 heteroatoms. The molecule has 3 nitrogen and oxygen atoms in total. The molecule has 0 N–H and O–H groups in total. The van der Waals surface area contributed by atoms with Crippen molar-refractivity contribution in [3.05, 3.63) is 23.8 Å². The van der Waals surface area contributed by atoms with E-state index < -0.39 is 0 Å². The summed E-state index contributed by atoms with van der Waals surface area (Å²) in [6.07, 6.45) is 0.346. The average Bonchev–Trinajstić information content (AvgIpc) is 2.35. The number of carbonyl (C=O) groups is 1. The van der Waals surface area contributed by atoms with E-state index in [0.717, 1.165) is 17.0 Å². The summed E-state index contributed by atoms with van der Waals surface area (Å²) in [5.41, 5.74) is 2.02. The number of hydrogen-bond acceptors (Lipinski definition) is 2. The van der Waals surface area contributed by atoms with Gasteiger partial charge in [-0.25, -0.2) is 0 Å². The molecule has 1 atom stereocenters. The van der Waals surface area contributed by atoms with E-state index in [4.69, 9.17) is 4.74 Å². The molecule has 1 aliphatic rings. The van der Waals surface area contributed by atoms with Crippen LogP contribution < -0.4 is 9.64 Å². The first-order chi connectivity index (χ1) is 8.30. The highest BCUT2D eigenvalue weighted by atomic mass is 16.5. The van der Waals surface area contributed by atoms with Crippen LogP contribution in [0.5, 0.6) is 5.75 Å². The molecule has 0 aliphatic carbocycles. The molecule has 1 unspecified atom stereocenters. The predicted octanol–water partition coefficient (Wildman–Crippen LogP) is 3.12. The molecule has 1 heterocycles. The van der Waals surface area contributed by atoms with E-state index in [1.807, 2.05) is 26.1 Å². The molecule has 98 valence electrons. The maximum atomic E-state index is 12.0. The van der Waals surface area contributed by atoms with Crippen molar-refractivity contribution in [1.29, 1.82) is 0 Å². The van der Waals surface area contributed by atoms with Gasteiger partial charge in [0.25, 0.3) is 0 Å². The molecule has 0 radical (unpaired) electrons. The maximum absolute atomic E-state index is 12.0. The third kappa shape index (κ3) is 2.22. The Bertz CT molecular complexity index is 474. The number of rotatable bonds is 0. The van der Waals surface area contributed by atoms with E-state index >= 15 is 0 Å². The van der Waals surface area contributed by atoms with Crippen LogP contribution in [0.15, 0.2) is 18.2 Å². The van der Waals surface area contributed by atoms with Crippen molar-refractivity contribution in [3.63, 3.8) is 0 Å². The minimum Gasteiger partial charge on any atom is -0.488 e.